The summed E-state index contributed by atoms with van der Waals surface area (Å²) < 4.78 is 17.9. The molecule has 0 aliphatic heterocycles. The smallest absolute Gasteiger partial charge is 0.790 e. The number of ether oxygens (including phenoxy) is 1. The first-order chi connectivity index (χ1) is 5.45. The Morgan fingerprint density at radius 2 is 2.00 bits per heavy atom. The van der Waals surface area contributed by atoms with Gasteiger partial charge in [0.1, 0.15) is 6.61 Å². The summed E-state index contributed by atoms with van der Waals surface area (Å²) in [6.45, 7) is 2.33. The van der Waals surface area contributed by atoms with Crippen molar-refractivity contribution in [1.82, 2.24) is 0 Å². The minimum atomic E-state index is -4.95. The molecule has 6 nitrogen and oxygen atoms in total. The molecule has 0 aromatic rings. The van der Waals surface area contributed by atoms with E-state index in [1.54, 1.807) is 0 Å². The van der Waals surface area contributed by atoms with Crippen LogP contribution in [0.15, 0.2) is 12.7 Å². The number of esters is 1. The van der Waals surface area contributed by atoms with Gasteiger partial charge in [-0.25, -0.2) is 4.79 Å². The van der Waals surface area contributed by atoms with E-state index in [1.807, 2.05) is 0 Å². The first-order valence-corrected chi connectivity index (χ1v) is 4.37. The largest absolute Gasteiger partial charge is 2.00 e. The van der Waals surface area contributed by atoms with Crippen LogP contribution in [0.2, 0.25) is 0 Å². The Morgan fingerprint density at radius 3 is 2.38 bits per heavy atom. The van der Waals surface area contributed by atoms with E-state index in [4.69, 9.17) is 0 Å². The summed E-state index contributed by atoms with van der Waals surface area (Å²) in [5, 5.41) is 0. The molecule has 0 saturated heterocycles. The van der Waals surface area contributed by atoms with Crippen molar-refractivity contribution < 1.29 is 28.4 Å². The van der Waals surface area contributed by atoms with Crippen LogP contribution >= 0.6 is 7.82 Å². The minimum Gasteiger partial charge on any atom is -0.790 e. The fraction of sp³-hybridized carbons (Fsp3) is 0.400. The molecule has 8 heteroatoms. The fourth-order valence-electron chi connectivity index (χ4n) is 0.350. The van der Waals surface area contributed by atoms with E-state index < -0.39 is 20.4 Å². The van der Waals surface area contributed by atoms with E-state index in [1.165, 1.54) is 0 Å². The maximum atomic E-state index is 10.3. The van der Waals surface area contributed by atoms with Crippen molar-refractivity contribution in [3.8, 4) is 0 Å². The number of carbonyl (C=O) groups excluding carboxylic acids is 1. The molecular weight excluding hydrogens is 211 g/mol. The summed E-state index contributed by atoms with van der Waals surface area (Å²) in [5.41, 5.74) is 0. The van der Waals surface area contributed by atoms with E-state index in [-0.39, 0.29) is 29.7 Å². The number of phosphoric ester groups is 1. The predicted octanol–water partition coefficient (Wildman–Crippen LogP) is -1.82. The van der Waals surface area contributed by atoms with Crippen LogP contribution < -0.4 is 9.79 Å². The molecule has 0 atom stereocenters. The molecule has 70 valence electrons. The van der Waals surface area contributed by atoms with Crippen molar-refractivity contribution in [1.29, 1.82) is 0 Å². The molecule has 0 fully saturated rings. The van der Waals surface area contributed by atoms with E-state index in [9.17, 15) is 19.1 Å². The second kappa shape index (κ2) is 7.49. The van der Waals surface area contributed by atoms with Crippen molar-refractivity contribution in [2.24, 2.45) is 0 Å². The number of hydrogen-bond acceptors (Lipinski definition) is 6. The van der Waals surface area contributed by atoms with Crippen LogP contribution in [0.3, 0.4) is 0 Å². The van der Waals surface area contributed by atoms with Gasteiger partial charge in [0.05, 0.1) is 14.4 Å². The van der Waals surface area contributed by atoms with Crippen molar-refractivity contribution in [3.05, 3.63) is 12.7 Å². The van der Waals surface area contributed by atoms with E-state index >= 15 is 0 Å². The van der Waals surface area contributed by atoms with Crippen molar-refractivity contribution >= 4 is 36.8 Å². The first kappa shape index (κ1) is 15.6. The van der Waals surface area contributed by atoms with Gasteiger partial charge in [0, 0.05) is 6.08 Å². The molecule has 0 heterocycles. The van der Waals surface area contributed by atoms with Crippen LogP contribution in [0.1, 0.15) is 0 Å². The van der Waals surface area contributed by atoms with Gasteiger partial charge in [0.2, 0.25) is 0 Å². The zero-order valence-corrected chi connectivity index (χ0v) is 9.11. The summed E-state index contributed by atoms with van der Waals surface area (Å²) in [5.74, 6) is -0.703. The summed E-state index contributed by atoms with van der Waals surface area (Å²) in [4.78, 5) is 30.0. The molecule has 0 bridgehead atoms. The van der Waals surface area contributed by atoms with Crippen LogP contribution in [0, 0.1) is 0 Å². The summed E-state index contributed by atoms with van der Waals surface area (Å²) >= 11 is 0. The van der Waals surface area contributed by atoms with Gasteiger partial charge in [0.15, 0.2) is 0 Å². The number of carbonyl (C=O) groups is 1. The Hall–Kier alpha value is 0.0862. The third kappa shape index (κ3) is 12.1. The van der Waals surface area contributed by atoms with Crippen LogP contribution in [0.4, 0.5) is 0 Å². The van der Waals surface area contributed by atoms with Crippen LogP contribution in [-0.2, 0) is 18.6 Å². The third-order valence-corrected chi connectivity index (χ3v) is 1.24. The van der Waals surface area contributed by atoms with Crippen LogP contribution in [-0.4, -0.2) is 42.2 Å². The zero-order chi connectivity index (χ0) is 9.61. The van der Waals surface area contributed by atoms with Crippen molar-refractivity contribution in [3.63, 3.8) is 0 Å². The van der Waals surface area contributed by atoms with Crippen molar-refractivity contribution in [2.75, 3.05) is 13.2 Å². The molecule has 0 amide bonds. The summed E-state index contributed by atoms with van der Waals surface area (Å²) in [6, 6.07) is 0. The minimum absolute atomic E-state index is 0. The Balaban J connectivity index is 0. The van der Waals surface area contributed by atoms with Gasteiger partial charge in [0.25, 0.3) is 0 Å². The van der Waals surface area contributed by atoms with E-state index in [2.05, 4.69) is 15.8 Å². The molecule has 0 rings (SSSR count). The summed E-state index contributed by atoms with van der Waals surface area (Å²) in [7, 11) is -4.95. The van der Waals surface area contributed by atoms with Gasteiger partial charge in [-0.15, -0.1) is 0 Å². The predicted molar refractivity (Wildman–Crippen MR) is 40.5 cm³/mol. The van der Waals surface area contributed by atoms with Gasteiger partial charge in [-0.3, -0.25) is 0 Å². The van der Waals surface area contributed by atoms with E-state index in [0.29, 0.717) is 0 Å². The Bertz CT molecular complexity index is 211. The van der Waals surface area contributed by atoms with Crippen LogP contribution in [0.5, 0.6) is 0 Å². The zero-order valence-electron chi connectivity index (χ0n) is 6.80. The quantitative estimate of drug-likeness (QED) is 0.177. The molecule has 0 aliphatic carbocycles. The van der Waals surface area contributed by atoms with Gasteiger partial charge < -0.3 is 23.6 Å². The standard InChI is InChI=1S/C5H9O6P.Mg/c1-2-5(6)10-3-4-11-12(7,8)9;/h2H,1,3-4H2,(H2,7,8,9);/q;+2/p-2. The van der Waals surface area contributed by atoms with Gasteiger partial charge in [-0.05, 0) is 0 Å². The maximum absolute atomic E-state index is 10.3. The molecule has 13 heavy (non-hydrogen) atoms. The average molecular weight is 218 g/mol. The van der Waals surface area contributed by atoms with Crippen molar-refractivity contribution in [2.45, 2.75) is 0 Å². The fourth-order valence-corrected chi connectivity index (χ4v) is 0.648. The maximum Gasteiger partial charge on any atom is 2.00 e. The SMILES string of the molecule is C=CC(=O)OCCOP(=O)([O-])[O-].[Mg+2]. The topological polar surface area (TPSA) is 98.7 Å². The van der Waals surface area contributed by atoms with Gasteiger partial charge in [-0.1, -0.05) is 6.58 Å². The number of phosphoric acid groups is 1. The van der Waals surface area contributed by atoms with Crippen LogP contribution in [0.25, 0.3) is 0 Å². The van der Waals surface area contributed by atoms with Gasteiger partial charge in [-0.2, -0.15) is 0 Å². The number of hydrogen-bond donors (Lipinski definition) is 0. The normalized spacial score (nSPS) is 10.0. The molecule has 0 unspecified atom stereocenters. The Morgan fingerprint density at radius 1 is 1.46 bits per heavy atom. The molecule has 0 radical (unpaired) electrons. The Labute approximate surface area is 91.3 Å². The Kier molecular flexibility index (Phi) is 8.96. The molecule has 0 N–H and O–H groups in total. The van der Waals surface area contributed by atoms with Gasteiger partial charge >= 0.3 is 29.0 Å². The average Bonchev–Trinajstić information content (AvgIpc) is 1.96. The molecule has 0 spiro atoms. The molecule has 0 aromatic carbocycles. The second-order valence-corrected chi connectivity index (χ2v) is 2.80. The molecule has 0 saturated carbocycles. The molecule has 0 aromatic heterocycles. The molecule has 0 aliphatic rings. The number of rotatable bonds is 5. The first-order valence-electron chi connectivity index (χ1n) is 2.91. The monoisotopic (exact) mass is 218 g/mol. The second-order valence-electron chi connectivity index (χ2n) is 1.65. The van der Waals surface area contributed by atoms with E-state index in [0.717, 1.165) is 6.08 Å². The molecular formula is C5H7MgO6P. The third-order valence-electron chi connectivity index (χ3n) is 0.744. The summed E-state index contributed by atoms with van der Waals surface area (Å²) in [6.07, 6.45) is 0.911.